The molecular formula is C8H11NO5. The van der Waals surface area contributed by atoms with Crippen LogP contribution in [0.3, 0.4) is 0 Å². The minimum atomic E-state index is -0.833. The first-order valence-corrected chi connectivity index (χ1v) is 4.04. The monoisotopic (exact) mass is 201 g/mol. The van der Waals surface area contributed by atoms with Gasteiger partial charge in [-0.2, -0.15) is 0 Å². The summed E-state index contributed by atoms with van der Waals surface area (Å²) < 4.78 is 8.90. The second kappa shape index (κ2) is 4.08. The summed E-state index contributed by atoms with van der Waals surface area (Å²) in [7, 11) is 2.40. The van der Waals surface area contributed by atoms with Crippen molar-refractivity contribution in [2.24, 2.45) is 0 Å². The largest absolute Gasteiger partial charge is 0.467 e. The second-order valence-corrected chi connectivity index (χ2v) is 2.88. The highest BCUT2D eigenvalue weighted by Crippen LogP contribution is 2.16. The van der Waals surface area contributed by atoms with E-state index in [-0.39, 0.29) is 18.7 Å². The van der Waals surface area contributed by atoms with Gasteiger partial charge in [-0.25, -0.2) is 9.59 Å². The summed E-state index contributed by atoms with van der Waals surface area (Å²) in [5.41, 5.74) is 0. The number of esters is 1. The molecule has 1 saturated heterocycles. The molecule has 1 heterocycles. The van der Waals surface area contributed by atoms with Crippen molar-refractivity contribution in [3.05, 3.63) is 0 Å². The molecule has 0 aromatic rings. The van der Waals surface area contributed by atoms with E-state index in [1.54, 1.807) is 0 Å². The zero-order valence-electron chi connectivity index (χ0n) is 7.98. The van der Waals surface area contributed by atoms with Crippen molar-refractivity contribution in [2.75, 3.05) is 20.8 Å². The zero-order chi connectivity index (χ0) is 10.7. The lowest BCUT2D eigenvalue weighted by molar-refractivity contribution is -0.145. The molecule has 0 N–H and O–H groups in total. The van der Waals surface area contributed by atoms with Gasteiger partial charge in [-0.3, -0.25) is 9.69 Å². The molecule has 0 aromatic carbocycles. The maximum absolute atomic E-state index is 11.2. The Bertz CT molecular complexity index is 249. The number of amides is 1. The number of methoxy groups -OCH3 is 2. The van der Waals surface area contributed by atoms with Crippen LogP contribution in [0, 0.1) is 0 Å². The zero-order valence-corrected chi connectivity index (χ0v) is 7.98. The van der Waals surface area contributed by atoms with E-state index >= 15 is 0 Å². The number of Topliss-reactive ketones (excluding diaryl/α,β-unsaturated/α-hetero) is 1. The summed E-state index contributed by atoms with van der Waals surface area (Å²) in [6, 6.07) is -0.833. The van der Waals surface area contributed by atoms with Gasteiger partial charge in [0.15, 0.2) is 5.78 Å². The summed E-state index contributed by atoms with van der Waals surface area (Å²) >= 11 is 0. The van der Waals surface area contributed by atoms with Gasteiger partial charge in [-0.05, 0) is 0 Å². The van der Waals surface area contributed by atoms with Crippen LogP contribution in [0.5, 0.6) is 0 Å². The fourth-order valence-corrected chi connectivity index (χ4v) is 1.35. The Hall–Kier alpha value is -1.59. The molecule has 1 amide bonds. The van der Waals surface area contributed by atoms with Crippen LogP contribution in [0.1, 0.15) is 6.42 Å². The number of hydrogen-bond acceptors (Lipinski definition) is 5. The van der Waals surface area contributed by atoms with Crippen LogP contribution in [0.2, 0.25) is 0 Å². The van der Waals surface area contributed by atoms with Crippen molar-refractivity contribution < 1.29 is 23.9 Å². The Labute approximate surface area is 80.8 Å². The predicted molar refractivity (Wildman–Crippen MR) is 44.5 cm³/mol. The average Bonchev–Trinajstić information content (AvgIpc) is 2.58. The molecule has 0 radical (unpaired) electrons. The third-order valence-electron chi connectivity index (χ3n) is 2.03. The van der Waals surface area contributed by atoms with E-state index in [0.29, 0.717) is 0 Å². The summed E-state index contributed by atoms with van der Waals surface area (Å²) in [6.07, 6.45) is -0.687. The van der Waals surface area contributed by atoms with Crippen molar-refractivity contribution in [3.8, 4) is 0 Å². The van der Waals surface area contributed by atoms with Crippen molar-refractivity contribution in [3.63, 3.8) is 0 Å². The molecule has 0 spiro atoms. The molecule has 14 heavy (non-hydrogen) atoms. The van der Waals surface area contributed by atoms with Gasteiger partial charge >= 0.3 is 12.1 Å². The standard InChI is InChI=1S/C8H11NO5/c1-13-7(11)6-3-5(10)4-9(6)8(12)14-2/h6H,3-4H2,1-2H3/t6-/m1/s1. The molecule has 6 nitrogen and oxygen atoms in total. The number of nitrogens with zero attached hydrogens (tertiary/aromatic N) is 1. The number of ether oxygens (including phenoxy) is 2. The Morgan fingerprint density at radius 2 is 2.00 bits per heavy atom. The van der Waals surface area contributed by atoms with Gasteiger partial charge < -0.3 is 9.47 Å². The van der Waals surface area contributed by atoms with E-state index in [1.807, 2.05) is 0 Å². The van der Waals surface area contributed by atoms with Crippen molar-refractivity contribution in [1.82, 2.24) is 4.90 Å². The Balaban J connectivity index is 2.77. The predicted octanol–water partition coefficient (Wildman–Crippen LogP) is -0.431. The fraction of sp³-hybridized carbons (Fsp3) is 0.625. The highest BCUT2D eigenvalue weighted by molar-refractivity contribution is 5.95. The molecule has 0 aromatic heterocycles. The molecule has 78 valence electrons. The third kappa shape index (κ3) is 1.84. The molecule has 1 rings (SSSR count). The highest BCUT2D eigenvalue weighted by Gasteiger charge is 2.40. The smallest absolute Gasteiger partial charge is 0.410 e. The van der Waals surface area contributed by atoms with E-state index < -0.39 is 18.1 Å². The molecule has 0 bridgehead atoms. The SMILES string of the molecule is COC(=O)[C@H]1CC(=O)CN1C(=O)OC. The van der Waals surface area contributed by atoms with Gasteiger partial charge in [0.05, 0.1) is 20.8 Å². The van der Waals surface area contributed by atoms with E-state index in [0.717, 1.165) is 4.90 Å². The van der Waals surface area contributed by atoms with Crippen LogP contribution >= 0.6 is 0 Å². The number of rotatable bonds is 1. The van der Waals surface area contributed by atoms with E-state index in [9.17, 15) is 14.4 Å². The van der Waals surface area contributed by atoms with Crippen LogP contribution in [0.15, 0.2) is 0 Å². The van der Waals surface area contributed by atoms with Gasteiger partial charge in [0, 0.05) is 6.42 Å². The maximum Gasteiger partial charge on any atom is 0.410 e. The average molecular weight is 201 g/mol. The van der Waals surface area contributed by atoms with Gasteiger partial charge in [0.25, 0.3) is 0 Å². The molecular weight excluding hydrogens is 190 g/mol. The normalized spacial score (nSPS) is 20.9. The molecule has 1 fully saturated rings. The lowest BCUT2D eigenvalue weighted by Gasteiger charge is -2.19. The van der Waals surface area contributed by atoms with E-state index in [2.05, 4.69) is 9.47 Å². The molecule has 1 aliphatic heterocycles. The Morgan fingerprint density at radius 1 is 1.36 bits per heavy atom. The maximum atomic E-state index is 11.2. The van der Waals surface area contributed by atoms with Gasteiger partial charge in [0.2, 0.25) is 0 Å². The van der Waals surface area contributed by atoms with E-state index in [1.165, 1.54) is 14.2 Å². The first kappa shape index (κ1) is 10.5. The molecule has 1 atom stereocenters. The Kier molecular flexibility index (Phi) is 3.06. The first-order chi connectivity index (χ1) is 6.60. The van der Waals surface area contributed by atoms with Gasteiger partial charge in [-0.15, -0.1) is 0 Å². The summed E-state index contributed by atoms with van der Waals surface area (Å²) in [5, 5.41) is 0. The lowest BCUT2D eigenvalue weighted by Crippen LogP contribution is -2.41. The number of likely N-dealkylation sites (tertiary alicyclic amines) is 1. The highest BCUT2D eigenvalue weighted by atomic mass is 16.5. The molecule has 0 unspecified atom stereocenters. The van der Waals surface area contributed by atoms with Crippen molar-refractivity contribution >= 4 is 17.8 Å². The third-order valence-corrected chi connectivity index (χ3v) is 2.03. The van der Waals surface area contributed by atoms with Gasteiger partial charge in [-0.1, -0.05) is 0 Å². The second-order valence-electron chi connectivity index (χ2n) is 2.88. The van der Waals surface area contributed by atoms with Crippen LogP contribution < -0.4 is 0 Å². The number of ketones is 1. The summed E-state index contributed by atoms with van der Waals surface area (Å²) in [5.74, 6) is -0.771. The number of hydrogen-bond donors (Lipinski definition) is 0. The van der Waals surface area contributed by atoms with Crippen molar-refractivity contribution in [1.29, 1.82) is 0 Å². The number of carbonyl (C=O) groups is 3. The van der Waals surface area contributed by atoms with Crippen LogP contribution in [-0.4, -0.2) is 49.6 Å². The van der Waals surface area contributed by atoms with E-state index in [4.69, 9.17) is 0 Å². The summed E-state index contributed by atoms with van der Waals surface area (Å²) in [4.78, 5) is 34.4. The summed E-state index contributed by atoms with van der Waals surface area (Å²) in [6.45, 7) is -0.0908. The Morgan fingerprint density at radius 3 is 2.50 bits per heavy atom. The quantitative estimate of drug-likeness (QED) is 0.538. The first-order valence-electron chi connectivity index (χ1n) is 4.04. The molecule has 0 saturated carbocycles. The van der Waals surface area contributed by atoms with Crippen molar-refractivity contribution in [2.45, 2.75) is 12.5 Å². The fourth-order valence-electron chi connectivity index (χ4n) is 1.35. The molecule has 0 aliphatic carbocycles. The number of carbonyl (C=O) groups excluding carboxylic acids is 3. The topological polar surface area (TPSA) is 72.9 Å². The molecule has 6 heteroatoms. The van der Waals surface area contributed by atoms with Crippen LogP contribution in [0.4, 0.5) is 4.79 Å². The minimum Gasteiger partial charge on any atom is -0.467 e. The molecule has 1 aliphatic rings. The minimum absolute atomic E-state index is 0.00176. The van der Waals surface area contributed by atoms with Crippen LogP contribution in [0.25, 0.3) is 0 Å². The lowest BCUT2D eigenvalue weighted by atomic mass is 10.2. The van der Waals surface area contributed by atoms with Crippen LogP contribution in [-0.2, 0) is 19.1 Å². The van der Waals surface area contributed by atoms with Gasteiger partial charge in [0.1, 0.15) is 6.04 Å².